The van der Waals surface area contributed by atoms with Gasteiger partial charge in [0.05, 0.1) is 0 Å². The number of hydrogen-bond acceptors (Lipinski definition) is 4. The second kappa shape index (κ2) is 4.02. The first kappa shape index (κ1) is 10.2. The first-order valence-corrected chi connectivity index (χ1v) is 5.10. The molecule has 80 valence electrons. The fourth-order valence-corrected chi connectivity index (χ4v) is 2.04. The maximum absolute atomic E-state index is 11.2. The number of rotatable bonds is 2. The van der Waals surface area contributed by atoms with Crippen LogP contribution < -0.4 is 10.6 Å². The van der Waals surface area contributed by atoms with Gasteiger partial charge >= 0.3 is 0 Å². The van der Waals surface area contributed by atoms with Crippen LogP contribution in [-0.4, -0.2) is 28.5 Å². The van der Waals surface area contributed by atoms with E-state index < -0.39 is 0 Å². The van der Waals surface area contributed by atoms with Crippen molar-refractivity contribution < 1.29 is 4.79 Å². The molecule has 1 aliphatic rings. The van der Waals surface area contributed by atoms with Crippen molar-refractivity contribution in [2.45, 2.75) is 18.9 Å². The summed E-state index contributed by atoms with van der Waals surface area (Å²) in [6.45, 7) is 0.742. The topological polar surface area (TPSA) is 72.1 Å². The number of amides is 1. The Kier molecular flexibility index (Phi) is 2.73. The van der Waals surface area contributed by atoms with Crippen molar-refractivity contribution in [3.05, 3.63) is 17.5 Å². The Hall–Kier alpha value is -1.36. The van der Waals surface area contributed by atoms with Gasteiger partial charge in [-0.3, -0.25) is 4.79 Å². The molecule has 1 aromatic rings. The van der Waals surface area contributed by atoms with Gasteiger partial charge in [-0.2, -0.15) is 0 Å². The van der Waals surface area contributed by atoms with Gasteiger partial charge in [-0.15, -0.1) is 0 Å². The summed E-state index contributed by atoms with van der Waals surface area (Å²) in [6, 6.07) is -0.306. The third-order valence-corrected chi connectivity index (χ3v) is 2.76. The molecule has 0 aliphatic carbocycles. The Balaban J connectivity index is 2.30. The lowest BCUT2D eigenvalue weighted by Crippen LogP contribution is -2.40. The largest absolute Gasteiger partial charge is 0.368 e. The monoisotopic (exact) mass is 226 g/mol. The summed E-state index contributed by atoms with van der Waals surface area (Å²) < 4.78 is 0. The predicted molar refractivity (Wildman–Crippen MR) is 56.6 cm³/mol. The van der Waals surface area contributed by atoms with Crippen LogP contribution in [0.15, 0.2) is 12.4 Å². The maximum atomic E-state index is 11.2. The first-order chi connectivity index (χ1) is 7.20. The van der Waals surface area contributed by atoms with E-state index in [1.54, 1.807) is 6.20 Å². The van der Waals surface area contributed by atoms with Gasteiger partial charge in [0.25, 0.3) is 0 Å². The van der Waals surface area contributed by atoms with Crippen molar-refractivity contribution in [2.24, 2.45) is 5.73 Å². The molecule has 1 saturated heterocycles. The number of halogens is 1. The molecule has 0 radical (unpaired) electrons. The van der Waals surface area contributed by atoms with Crippen LogP contribution in [0.1, 0.15) is 12.8 Å². The molecule has 5 nitrogen and oxygen atoms in total. The van der Waals surface area contributed by atoms with Crippen molar-refractivity contribution >= 4 is 23.3 Å². The van der Waals surface area contributed by atoms with Crippen molar-refractivity contribution in [3.63, 3.8) is 0 Å². The van der Waals surface area contributed by atoms with Gasteiger partial charge in [-0.1, -0.05) is 11.6 Å². The summed E-state index contributed by atoms with van der Waals surface area (Å²) in [6.07, 6.45) is 4.74. The van der Waals surface area contributed by atoms with E-state index in [4.69, 9.17) is 17.3 Å². The molecule has 1 unspecified atom stereocenters. The second-order valence-electron chi connectivity index (χ2n) is 3.42. The number of nitrogens with zero attached hydrogens (tertiary/aromatic N) is 3. The zero-order valence-electron chi connectivity index (χ0n) is 8.06. The van der Waals surface area contributed by atoms with E-state index in [0.29, 0.717) is 11.0 Å². The van der Waals surface area contributed by atoms with Gasteiger partial charge in [0.1, 0.15) is 6.04 Å². The normalized spacial score (nSPS) is 20.6. The fraction of sp³-hybridized carbons (Fsp3) is 0.444. The highest BCUT2D eigenvalue weighted by Gasteiger charge is 2.31. The molecule has 0 saturated carbocycles. The van der Waals surface area contributed by atoms with E-state index in [0.717, 1.165) is 19.4 Å². The molecule has 0 aromatic carbocycles. The van der Waals surface area contributed by atoms with Crippen LogP contribution in [0, 0.1) is 0 Å². The Labute approximate surface area is 92.3 Å². The molecule has 1 aliphatic heterocycles. The average Bonchev–Trinajstić information content (AvgIpc) is 2.67. The predicted octanol–water partition coefficient (Wildman–Crippen LogP) is 0.584. The van der Waals surface area contributed by atoms with Crippen LogP contribution in [-0.2, 0) is 4.79 Å². The lowest BCUT2D eigenvalue weighted by molar-refractivity contribution is -0.119. The minimum Gasteiger partial charge on any atom is -0.368 e. The zero-order chi connectivity index (χ0) is 10.8. The fourth-order valence-electron chi connectivity index (χ4n) is 1.82. The molecular weight excluding hydrogens is 216 g/mol. The second-order valence-corrected chi connectivity index (χ2v) is 3.78. The molecule has 1 aromatic heterocycles. The maximum Gasteiger partial charge on any atom is 0.240 e. The number of primary amides is 1. The third kappa shape index (κ3) is 1.87. The standard InChI is InChI=1S/C9H11ClN4O/c10-7-9(13-4-3-12-7)14-5-1-2-6(14)8(11)15/h3-4,6H,1-2,5H2,(H2,11,15). The number of aromatic nitrogens is 2. The van der Waals surface area contributed by atoms with Gasteiger partial charge in [0.15, 0.2) is 11.0 Å². The Morgan fingerprint density at radius 2 is 2.27 bits per heavy atom. The van der Waals surface area contributed by atoms with E-state index in [1.807, 2.05) is 4.90 Å². The van der Waals surface area contributed by atoms with Gasteiger partial charge in [0.2, 0.25) is 5.91 Å². The van der Waals surface area contributed by atoms with Gasteiger partial charge in [-0.05, 0) is 12.8 Å². The van der Waals surface area contributed by atoms with Crippen LogP contribution >= 0.6 is 11.6 Å². The molecule has 2 heterocycles. The molecule has 2 rings (SSSR count). The summed E-state index contributed by atoms with van der Waals surface area (Å²) in [5.74, 6) is 0.203. The smallest absolute Gasteiger partial charge is 0.240 e. The first-order valence-electron chi connectivity index (χ1n) is 4.72. The Bertz CT molecular complexity index is 384. The van der Waals surface area contributed by atoms with Crippen molar-refractivity contribution in [1.82, 2.24) is 9.97 Å². The molecule has 15 heavy (non-hydrogen) atoms. The number of anilines is 1. The molecule has 0 bridgehead atoms. The average molecular weight is 227 g/mol. The van der Waals surface area contributed by atoms with Crippen LogP contribution in [0.4, 0.5) is 5.82 Å². The quantitative estimate of drug-likeness (QED) is 0.801. The molecule has 1 atom stereocenters. The van der Waals surface area contributed by atoms with Crippen LogP contribution in [0.25, 0.3) is 0 Å². The highest BCUT2D eigenvalue weighted by Crippen LogP contribution is 2.27. The van der Waals surface area contributed by atoms with E-state index >= 15 is 0 Å². The molecule has 1 amide bonds. The zero-order valence-corrected chi connectivity index (χ0v) is 8.81. The third-order valence-electron chi connectivity index (χ3n) is 2.49. The minimum atomic E-state index is -0.339. The summed E-state index contributed by atoms with van der Waals surface area (Å²) >= 11 is 5.91. The molecule has 6 heteroatoms. The molecule has 1 fully saturated rings. The van der Waals surface area contributed by atoms with Crippen molar-refractivity contribution in [1.29, 1.82) is 0 Å². The SMILES string of the molecule is NC(=O)C1CCCN1c1nccnc1Cl. The van der Waals surface area contributed by atoms with E-state index in [1.165, 1.54) is 6.20 Å². The van der Waals surface area contributed by atoms with E-state index in [-0.39, 0.29) is 11.9 Å². The van der Waals surface area contributed by atoms with Crippen LogP contribution in [0.2, 0.25) is 5.15 Å². The lowest BCUT2D eigenvalue weighted by atomic mass is 10.2. The summed E-state index contributed by atoms with van der Waals surface area (Å²) in [5, 5.41) is 0.311. The van der Waals surface area contributed by atoms with E-state index in [2.05, 4.69) is 9.97 Å². The Morgan fingerprint density at radius 1 is 1.53 bits per heavy atom. The van der Waals surface area contributed by atoms with Crippen molar-refractivity contribution in [3.8, 4) is 0 Å². The molecular formula is C9H11ClN4O. The minimum absolute atomic E-state index is 0.306. The number of nitrogens with two attached hydrogens (primary N) is 1. The summed E-state index contributed by atoms with van der Waals surface area (Å²) in [5.41, 5.74) is 5.30. The Morgan fingerprint density at radius 3 is 2.93 bits per heavy atom. The van der Waals surface area contributed by atoms with Gasteiger partial charge in [-0.25, -0.2) is 9.97 Å². The van der Waals surface area contributed by atoms with E-state index in [9.17, 15) is 4.79 Å². The van der Waals surface area contributed by atoms with Crippen molar-refractivity contribution in [2.75, 3.05) is 11.4 Å². The van der Waals surface area contributed by atoms with Gasteiger partial charge in [0, 0.05) is 18.9 Å². The number of carbonyl (C=O) groups excluding carboxylic acids is 1. The summed E-state index contributed by atoms with van der Waals surface area (Å²) in [7, 11) is 0. The highest BCUT2D eigenvalue weighted by molar-refractivity contribution is 6.31. The van der Waals surface area contributed by atoms with Crippen LogP contribution in [0.5, 0.6) is 0 Å². The highest BCUT2D eigenvalue weighted by atomic mass is 35.5. The lowest BCUT2D eigenvalue weighted by Gasteiger charge is -2.23. The number of carbonyl (C=O) groups is 1. The number of hydrogen-bond donors (Lipinski definition) is 1. The van der Waals surface area contributed by atoms with Gasteiger partial charge < -0.3 is 10.6 Å². The molecule has 0 spiro atoms. The summed E-state index contributed by atoms with van der Waals surface area (Å²) in [4.78, 5) is 21.0. The molecule has 2 N–H and O–H groups in total. The van der Waals surface area contributed by atoms with Crippen LogP contribution in [0.3, 0.4) is 0 Å².